The first-order valence-corrected chi connectivity index (χ1v) is 13.6. The molecule has 2 aliphatic carbocycles. The lowest BCUT2D eigenvalue weighted by Gasteiger charge is -2.46. The molecule has 0 aliphatic heterocycles. The molecular weight excluding hydrogens is 474 g/mol. The summed E-state index contributed by atoms with van der Waals surface area (Å²) in [7, 11) is 0. The molecule has 3 N–H and O–H groups in total. The van der Waals surface area contributed by atoms with Crippen LogP contribution in [0.2, 0.25) is 0 Å². The molecule has 38 heavy (non-hydrogen) atoms. The Kier molecular flexibility index (Phi) is 6.44. The van der Waals surface area contributed by atoms with E-state index in [0.29, 0.717) is 28.9 Å². The van der Waals surface area contributed by atoms with Crippen LogP contribution in [0, 0.1) is 17.3 Å². The molecular formula is C31H33N5O2. The third-order valence-corrected chi connectivity index (χ3v) is 8.49. The van der Waals surface area contributed by atoms with E-state index in [-0.39, 0.29) is 17.2 Å². The van der Waals surface area contributed by atoms with Gasteiger partial charge in [-0.05, 0) is 92.1 Å². The second-order valence-corrected chi connectivity index (χ2v) is 11.0. The van der Waals surface area contributed by atoms with Crippen LogP contribution in [-0.4, -0.2) is 26.8 Å². The summed E-state index contributed by atoms with van der Waals surface area (Å²) in [5.41, 5.74) is 4.22. The van der Waals surface area contributed by atoms with Gasteiger partial charge in [-0.3, -0.25) is 14.6 Å². The van der Waals surface area contributed by atoms with Crippen LogP contribution in [0.5, 0.6) is 0 Å². The minimum Gasteiger partial charge on any atom is -0.338 e. The van der Waals surface area contributed by atoms with Crippen LogP contribution in [0.25, 0.3) is 22.4 Å². The van der Waals surface area contributed by atoms with E-state index in [1.807, 2.05) is 30.3 Å². The highest BCUT2D eigenvalue weighted by Gasteiger charge is 2.45. The van der Waals surface area contributed by atoms with Gasteiger partial charge < -0.3 is 15.6 Å². The van der Waals surface area contributed by atoms with E-state index in [9.17, 15) is 9.59 Å². The van der Waals surface area contributed by atoms with Crippen molar-refractivity contribution >= 4 is 34.2 Å². The van der Waals surface area contributed by atoms with Crippen molar-refractivity contribution < 1.29 is 9.59 Å². The Labute approximate surface area is 222 Å². The predicted molar refractivity (Wildman–Crippen MR) is 150 cm³/mol. The van der Waals surface area contributed by atoms with Crippen molar-refractivity contribution in [2.45, 2.75) is 51.9 Å². The molecule has 2 heterocycles. The number of fused-ring (bicyclic) bond motifs is 3. The number of nitrogens with one attached hydrogen (secondary N) is 3. The minimum absolute atomic E-state index is 0.171. The van der Waals surface area contributed by atoms with Crippen molar-refractivity contribution in [3.05, 3.63) is 72.6 Å². The minimum atomic E-state index is -0.244. The van der Waals surface area contributed by atoms with E-state index in [4.69, 9.17) is 4.98 Å². The normalized spacial score (nSPS) is 22.7. The average molecular weight is 508 g/mol. The number of carbonyl (C=O) groups is 2. The van der Waals surface area contributed by atoms with E-state index in [2.05, 4.69) is 27.5 Å². The lowest BCUT2D eigenvalue weighted by molar-refractivity contribution is -0.131. The molecule has 4 aromatic rings. The van der Waals surface area contributed by atoms with Crippen molar-refractivity contribution in [1.29, 1.82) is 0 Å². The molecule has 6 rings (SSSR count). The van der Waals surface area contributed by atoms with Crippen LogP contribution in [0.4, 0.5) is 11.4 Å². The third-order valence-electron chi connectivity index (χ3n) is 8.49. The highest BCUT2D eigenvalue weighted by atomic mass is 16.2. The maximum atomic E-state index is 13.5. The molecule has 0 radical (unpaired) electrons. The van der Waals surface area contributed by atoms with E-state index >= 15 is 0 Å². The number of aromatic nitrogens is 3. The maximum Gasteiger partial charge on any atom is 0.255 e. The van der Waals surface area contributed by atoms with Crippen molar-refractivity contribution in [3.8, 4) is 11.4 Å². The van der Waals surface area contributed by atoms with Gasteiger partial charge in [-0.15, -0.1) is 0 Å². The SMILES string of the molecule is CCC1(C(=O)Nc2ccc(-c3nc4ccc(C(=O)Nc5cccnc5)cc4[nH]3)cc2)C[C@@H]2CCC[C@@H](C2)C1. The van der Waals surface area contributed by atoms with Gasteiger partial charge in [0, 0.05) is 28.4 Å². The molecule has 3 atom stereocenters. The predicted octanol–water partition coefficient (Wildman–Crippen LogP) is 6.81. The van der Waals surface area contributed by atoms with Gasteiger partial charge in [-0.1, -0.05) is 26.2 Å². The van der Waals surface area contributed by atoms with Gasteiger partial charge in [-0.25, -0.2) is 4.98 Å². The van der Waals surface area contributed by atoms with E-state index < -0.39 is 0 Å². The van der Waals surface area contributed by atoms with Crippen molar-refractivity contribution in [3.63, 3.8) is 0 Å². The molecule has 7 nitrogen and oxygen atoms in total. The molecule has 1 unspecified atom stereocenters. The first kappa shape index (κ1) is 24.3. The summed E-state index contributed by atoms with van der Waals surface area (Å²) in [6.45, 7) is 2.17. The molecule has 2 amide bonds. The first-order valence-electron chi connectivity index (χ1n) is 13.6. The lowest BCUT2D eigenvalue weighted by Crippen LogP contribution is -2.44. The fourth-order valence-electron chi connectivity index (χ4n) is 6.50. The summed E-state index contributed by atoms with van der Waals surface area (Å²) in [6, 6.07) is 16.8. The number of aromatic amines is 1. The number of amides is 2. The number of H-pyrrole nitrogens is 1. The van der Waals surface area contributed by atoms with Gasteiger partial charge in [0.1, 0.15) is 5.82 Å². The second-order valence-electron chi connectivity index (χ2n) is 11.0. The van der Waals surface area contributed by atoms with Crippen molar-refractivity contribution in [2.75, 3.05) is 10.6 Å². The number of anilines is 2. The van der Waals surface area contributed by atoms with Crippen LogP contribution in [0.3, 0.4) is 0 Å². The fraction of sp³-hybridized carbons (Fsp3) is 0.355. The first-order chi connectivity index (χ1) is 18.5. The van der Waals surface area contributed by atoms with Crippen LogP contribution >= 0.6 is 0 Å². The summed E-state index contributed by atoms with van der Waals surface area (Å²) < 4.78 is 0. The number of imidazole rings is 1. The number of rotatable bonds is 6. The lowest BCUT2D eigenvalue weighted by atomic mass is 9.59. The smallest absolute Gasteiger partial charge is 0.255 e. The van der Waals surface area contributed by atoms with Crippen LogP contribution in [-0.2, 0) is 4.79 Å². The molecule has 2 aromatic carbocycles. The monoisotopic (exact) mass is 507 g/mol. The Balaban J connectivity index is 1.16. The highest BCUT2D eigenvalue weighted by Crippen LogP contribution is 2.51. The quantitative estimate of drug-likeness (QED) is 0.267. The number of pyridine rings is 1. The van der Waals surface area contributed by atoms with Gasteiger partial charge in [0.25, 0.3) is 5.91 Å². The number of hydrogen-bond acceptors (Lipinski definition) is 4. The number of benzene rings is 2. The zero-order chi connectivity index (χ0) is 26.1. The van der Waals surface area contributed by atoms with Crippen LogP contribution < -0.4 is 10.6 Å². The Morgan fingerprint density at radius 3 is 2.50 bits per heavy atom. The Bertz CT molecular complexity index is 1450. The Morgan fingerprint density at radius 2 is 1.79 bits per heavy atom. The molecule has 0 spiro atoms. The fourth-order valence-corrected chi connectivity index (χ4v) is 6.50. The molecule has 2 aromatic heterocycles. The molecule has 2 fully saturated rings. The molecule has 7 heteroatoms. The van der Waals surface area contributed by atoms with Gasteiger partial charge in [0.2, 0.25) is 5.91 Å². The number of nitrogens with zero attached hydrogens (tertiary/aromatic N) is 2. The van der Waals surface area contributed by atoms with Gasteiger partial charge in [0.05, 0.1) is 22.9 Å². The average Bonchev–Trinajstić information content (AvgIpc) is 3.37. The number of hydrogen-bond donors (Lipinski definition) is 3. The third kappa shape index (κ3) is 4.80. The van der Waals surface area contributed by atoms with E-state index in [1.165, 1.54) is 25.7 Å². The van der Waals surface area contributed by atoms with E-state index in [0.717, 1.165) is 41.5 Å². The zero-order valence-corrected chi connectivity index (χ0v) is 21.7. The van der Waals surface area contributed by atoms with E-state index in [1.54, 1.807) is 36.7 Å². The summed E-state index contributed by atoms with van der Waals surface area (Å²) >= 11 is 0. The van der Waals surface area contributed by atoms with Crippen LogP contribution in [0.1, 0.15) is 62.2 Å². The van der Waals surface area contributed by atoms with Gasteiger partial charge in [0.15, 0.2) is 0 Å². The van der Waals surface area contributed by atoms with Crippen molar-refractivity contribution in [2.24, 2.45) is 17.3 Å². The summed E-state index contributed by atoms with van der Waals surface area (Å²) in [5, 5.41) is 6.07. The van der Waals surface area contributed by atoms with Gasteiger partial charge in [-0.2, -0.15) is 0 Å². The zero-order valence-electron chi connectivity index (χ0n) is 21.7. The topological polar surface area (TPSA) is 99.8 Å². The molecule has 2 bridgehead atoms. The molecule has 2 aliphatic rings. The standard InChI is InChI=1S/C31H33N5O2/c1-2-31(17-20-5-3-6-21(15-20)18-31)30(38)34-24-11-8-22(9-12-24)28-35-26-13-10-23(16-27(26)36-28)29(37)33-25-7-4-14-32-19-25/h4,7-14,16,19-21H,2-3,5-6,15,17-18H2,1H3,(H,33,37)(H,34,38)(H,35,36)/t20-,21+,31?. The molecule has 2 saturated carbocycles. The van der Waals surface area contributed by atoms with Crippen LogP contribution in [0.15, 0.2) is 67.0 Å². The maximum absolute atomic E-state index is 13.5. The molecule has 0 saturated heterocycles. The number of carbonyl (C=O) groups excluding carboxylic acids is 2. The van der Waals surface area contributed by atoms with Gasteiger partial charge >= 0.3 is 0 Å². The largest absolute Gasteiger partial charge is 0.338 e. The second kappa shape index (κ2) is 10.0. The Morgan fingerprint density at radius 1 is 1.00 bits per heavy atom. The molecule has 194 valence electrons. The Hall–Kier alpha value is -4.00. The summed E-state index contributed by atoms with van der Waals surface area (Å²) in [6.07, 6.45) is 11.4. The summed E-state index contributed by atoms with van der Waals surface area (Å²) in [5.74, 6) is 2.08. The highest BCUT2D eigenvalue weighted by molar-refractivity contribution is 6.06. The summed E-state index contributed by atoms with van der Waals surface area (Å²) in [4.78, 5) is 38.2. The van der Waals surface area contributed by atoms with Crippen molar-refractivity contribution in [1.82, 2.24) is 15.0 Å².